The fraction of sp³-hybridized carbons (Fsp3) is 0.783. The molecule has 2 atom stereocenters. The Morgan fingerprint density at radius 3 is 2.60 bits per heavy atom. The van der Waals surface area contributed by atoms with Crippen molar-refractivity contribution in [2.75, 3.05) is 26.7 Å². The van der Waals surface area contributed by atoms with Gasteiger partial charge < -0.3 is 20.2 Å². The first-order valence-corrected chi connectivity index (χ1v) is 11.8. The van der Waals surface area contributed by atoms with E-state index in [1.165, 1.54) is 5.57 Å². The Balaban J connectivity index is 1.59. The monoisotopic (exact) mass is 415 g/mol. The maximum atomic E-state index is 13.4. The van der Waals surface area contributed by atoms with Gasteiger partial charge in [-0.1, -0.05) is 13.3 Å². The predicted octanol–water partition coefficient (Wildman–Crippen LogP) is 2.17. The smallest absolute Gasteiger partial charge is 0.237 e. The molecule has 2 N–H and O–H groups in total. The number of aliphatic hydroxyl groups is 1. The van der Waals surface area contributed by atoms with Crippen molar-refractivity contribution < 1.29 is 9.90 Å². The van der Waals surface area contributed by atoms with E-state index >= 15 is 0 Å². The van der Waals surface area contributed by atoms with Gasteiger partial charge in [0.15, 0.2) is 0 Å². The molecule has 1 amide bonds. The van der Waals surface area contributed by atoms with Gasteiger partial charge in [0.1, 0.15) is 5.92 Å². The highest BCUT2D eigenvalue weighted by Gasteiger charge is 2.43. The molecule has 30 heavy (non-hydrogen) atoms. The molecule has 4 aliphatic rings. The van der Waals surface area contributed by atoms with Crippen LogP contribution in [0.2, 0.25) is 0 Å². The molecule has 0 aromatic carbocycles. The van der Waals surface area contributed by atoms with Gasteiger partial charge in [-0.2, -0.15) is 0 Å². The number of fused-ring (bicyclic) bond motifs is 1. The average Bonchev–Trinajstić information content (AvgIpc) is 2.76. The summed E-state index contributed by atoms with van der Waals surface area (Å²) in [5, 5.41) is 13.3. The number of aliphatic hydroxyl groups excluding tert-OH is 1. The van der Waals surface area contributed by atoms with Crippen LogP contribution in [0, 0.1) is 11.8 Å². The number of hydrogen-bond donors (Lipinski definition) is 2. The third-order valence-corrected chi connectivity index (χ3v) is 7.19. The Labute approximate surface area is 180 Å². The number of hydrogen-bond acceptors (Lipinski definition) is 6. The Morgan fingerprint density at radius 1 is 1.17 bits per heavy atom. The summed E-state index contributed by atoms with van der Waals surface area (Å²) >= 11 is 0. The SMILES string of the molecule is CCCCNC1=NC2C([C@H]3CC[C@H](O)CC3)=CN(C3CCN(C)CC3)C(=O)C2C=N1. The van der Waals surface area contributed by atoms with E-state index in [1.54, 1.807) is 0 Å². The Kier molecular flexibility index (Phi) is 6.88. The van der Waals surface area contributed by atoms with Crippen LogP contribution < -0.4 is 5.32 Å². The first kappa shape index (κ1) is 21.5. The number of unbranched alkanes of at least 4 members (excludes halogenated alkanes) is 1. The van der Waals surface area contributed by atoms with Crippen molar-refractivity contribution in [3.63, 3.8) is 0 Å². The van der Waals surface area contributed by atoms with Crippen LogP contribution in [0.3, 0.4) is 0 Å². The molecular formula is C23H37N5O2. The van der Waals surface area contributed by atoms with Crippen molar-refractivity contribution in [3.05, 3.63) is 11.8 Å². The number of amides is 1. The molecule has 1 saturated heterocycles. The molecule has 4 rings (SSSR count). The van der Waals surface area contributed by atoms with E-state index < -0.39 is 0 Å². The molecule has 1 saturated carbocycles. The van der Waals surface area contributed by atoms with Crippen molar-refractivity contribution in [2.24, 2.45) is 21.8 Å². The third kappa shape index (κ3) is 4.62. The number of nitrogens with zero attached hydrogens (tertiary/aromatic N) is 4. The van der Waals surface area contributed by atoms with Gasteiger partial charge in [-0.15, -0.1) is 0 Å². The molecule has 0 aromatic rings. The molecule has 7 nitrogen and oxygen atoms in total. The van der Waals surface area contributed by atoms with Gasteiger partial charge >= 0.3 is 0 Å². The first-order valence-electron chi connectivity index (χ1n) is 11.8. The quantitative estimate of drug-likeness (QED) is 0.675. The van der Waals surface area contributed by atoms with Crippen molar-refractivity contribution in [1.82, 2.24) is 15.1 Å². The minimum absolute atomic E-state index is 0.147. The molecule has 7 heteroatoms. The molecule has 3 aliphatic heterocycles. The summed E-state index contributed by atoms with van der Waals surface area (Å²) in [7, 11) is 2.15. The zero-order valence-corrected chi connectivity index (χ0v) is 18.5. The van der Waals surface area contributed by atoms with Crippen molar-refractivity contribution in [1.29, 1.82) is 0 Å². The molecule has 166 valence electrons. The molecule has 0 radical (unpaired) electrons. The standard InChI is InChI=1S/C23H37N5O2/c1-3-4-11-24-23-25-14-19-21(26-23)20(16-5-7-18(29)8-6-16)15-28(22(19)30)17-9-12-27(2)13-10-17/h14-19,21,29H,3-13H2,1-2H3,(H,24,26)/t16-,18-,19?,21?. The van der Waals surface area contributed by atoms with Gasteiger partial charge in [0, 0.05) is 25.0 Å². The fourth-order valence-electron chi connectivity index (χ4n) is 5.21. The van der Waals surface area contributed by atoms with Gasteiger partial charge in [-0.05, 0) is 76.6 Å². The summed E-state index contributed by atoms with van der Waals surface area (Å²) in [6, 6.07) is 0.113. The van der Waals surface area contributed by atoms with Crippen LogP contribution in [0.15, 0.2) is 21.8 Å². The maximum Gasteiger partial charge on any atom is 0.237 e. The van der Waals surface area contributed by atoms with E-state index in [0.717, 1.165) is 71.0 Å². The van der Waals surface area contributed by atoms with E-state index in [-0.39, 0.29) is 30.0 Å². The predicted molar refractivity (Wildman–Crippen MR) is 120 cm³/mol. The number of piperidine rings is 1. The van der Waals surface area contributed by atoms with Gasteiger partial charge in [0.25, 0.3) is 0 Å². The summed E-state index contributed by atoms with van der Waals surface area (Å²) < 4.78 is 0. The summed E-state index contributed by atoms with van der Waals surface area (Å²) in [4.78, 5) is 27.2. The number of carbonyl (C=O) groups is 1. The maximum absolute atomic E-state index is 13.4. The Hall–Kier alpha value is -1.73. The van der Waals surface area contributed by atoms with E-state index in [9.17, 15) is 9.90 Å². The van der Waals surface area contributed by atoms with Gasteiger partial charge in [-0.25, -0.2) is 9.98 Å². The molecule has 0 aromatic heterocycles. The third-order valence-electron chi connectivity index (χ3n) is 7.19. The lowest BCUT2D eigenvalue weighted by atomic mass is 9.75. The van der Waals surface area contributed by atoms with Crippen molar-refractivity contribution >= 4 is 18.1 Å². The Bertz CT molecular complexity index is 702. The normalized spacial score (nSPS) is 33.2. The van der Waals surface area contributed by atoms with Crippen LogP contribution in [-0.4, -0.2) is 77.9 Å². The highest BCUT2D eigenvalue weighted by molar-refractivity contribution is 6.02. The van der Waals surface area contributed by atoms with E-state index in [2.05, 4.69) is 35.4 Å². The van der Waals surface area contributed by atoms with Crippen LogP contribution in [0.1, 0.15) is 58.3 Å². The number of aliphatic imine (C=N–C) groups is 2. The number of carbonyl (C=O) groups excluding carboxylic acids is 1. The number of guanidine groups is 1. The number of nitrogens with one attached hydrogen (secondary N) is 1. The van der Waals surface area contributed by atoms with E-state index in [4.69, 9.17) is 4.99 Å². The number of likely N-dealkylation sites (tertiary alicyclic amines) is 1. The molecule has 2 unspecified atom stereocenters. The highest BCUT2D eigenvalue weighted by atomic mass is 16.3. The van der Waals surface area contributed by atoms with Crippen LogP contribution in [0.5, 0.6) is 0 Å². The summed E-state index contributed by atoms with van der Waals surface area (Å²) in [6.45, 7) is 5.08. The lowest BCUT2D eigenvalue weighted by Gasteiger charge is -2.43. The zero-order chi connectivity index (χ0) is 21.1. The van der Waals surface area contributed by atoms with Gasteiger partial charge in [0.05, 0.1) is 12.1 Å². The Morgan fingerprint density at radius 2 is 1.90 bits per heavy atom. The second-order valence-electron chi connectivity index (χ2n) is 9.40. The lowest BCUT2D eigenvalue weighted by molar-refractivity contribution is -0.134. The zero-order valence-electron chi connectivity index (χ0n) is 18.5. The largest absolute Gasteiger partial charge is 0.393 e. The van der Waals surface area contributed by atoms with Gasteiger partial charge in [0.2, 0.25) is 11.9 Å². The van der Waals surface area contributed by atoms with Crippen LogP contribution in [-0.2, 0) is 4.79 Å². The minimum Gasteiger partial charge on any atom is -0.393 e. The number of rotatable bonds is 5. The molecule has 0 bridgehead atoms. The van der Waals surface area contributed by atoms with Crippen molar-refractivity contribution in [2.45, 2.75) is 76.5 Å². The summed E-state index contributed by atoms with van der Waals surface area (Å²) in [5.74, 6) is 0.893. The second kappa shape index (κ2) is 9.60. The van der Waals surface area contributed by atoms with Crippen LogP contribution in [0.25, 0.3) is 0 Å². The second-order valence-corrected chi connectivity index (χ2v) is 9.40. The molecule has 2 fully saturated rings. The fourth-order valence-corrected chi connectivity index (χ4v) is 5.21. The van der Waals surface area contributed by atoms with Crippen LogP contribution in [0.4, 0.5) is 0 Å². The molecule has 1 aliphatic carbocycles. The average molecular weight is 416 g/mol. The lowest BCUT2D eigenvalue weighted by Crippen LogP contribution is -2.53. The highest BCUT2D eigenvalue weighted by Crippen LogP contribution is 2.39. The van der Waals surface area contributed by atoms with E-state index in [0.29, 0.717) is 11.9 Å². The molecule has 0 spiro atoms. The van der Waals surface area contributed by atoms with Crippen molar-refractivity contribution in [3.8, 4) is 0 Å². The van der Waals surface area contributed by atoms with E-state index in [1.807, 2.05) is 11.1 Å². The van der Waals surface area contributed by atoms with Crippen LogP contribution >= 0.6 is 0 Å². The summed E-state index contributed by atoms with van der Waals surface area (Å²) in [5.41, 5.74) is 1.27. The molecule has 3 heterocycles. The first-order chi connectivity index (χ1) is 14.6. The topological polar surface area (TPSA) is 80.5 Å². The van der Waals surface area contributed by atoms with Gasteiger partial charge in [-0.3, -0.25) is 4.79 Å². The summed E-state index contributed by atoms with van der Waals surface area (Å²) in [6.07, 6.45) is 11.6. The molecular weight excluding hydrogens is 378 g/mol. The minimum atomic E-state index is -0.298.